The highest BCUT2D eigenvalue weighted by Gasteiger charge is 2.29. The van der Waals surface area contributed by atoms with E-state index in [0.29, 0.717) is 17.9 Å². The molecule has 0 N–H and O–H groups in total. The fourth-order valence-corrected chi connectivity index (χ4v) is 4.04. The van der Waals surface area contributed by atoms with Crippen molar-refractivity contribution >= 4 is 17.8 Å². The number of fused-ring (bicyclic) bond motifs is 1. The van der Waals surface area contributed by atoms with E-state index in [1.54, 1.807) is 18.5 Å². The lowest BCUT2D eigenvalue weighted by molar-refractivity contribution is -0.130. The molecule has 3 heterocycles. The summed E-state index contributed by atoms with van der Waals surface area (Å²) in [5, 5.41) is 0. The minimum absolute atomic E-state index is 0.0857. The van der Waals surface area contributed by atoms with Gasteiger partial charge in [-0.1, -0.05) is 12.5 Å². The number of rotatable bonds is 7. The van der Waals surface area contributed by atoms with Crippen molar-refractivity contribution in [2.75, 3.05) is 50.8 Å². The van der Waals surface area contributed by atoms with Crippen LogP contribution in [0.4, 0.5) is 5.95 Å². The molecule has 0 bridgehead atoms. The Bertz CT molecular complexity index is 913. The summed E-state index contributed by atoms with van der Waals surface area (Å²) in [6.07, 6.45) is 6.38. The zero-order valence-electron chi connectivity index (χ0n) is 18.0. The standard InChI is InChI=1S/C23H29N5O3/c1-18-6-7-19-20(16-18)31-17-21(29)28(22(19)30)11-4-2-3-10-26-12-14-27(15-13-26)23-24-8-5-9-25-23/h5-9,16H,2-4,10-15,17H2,1H3. The molecule has 0 aliphatic carbocycles. The van der Waals surface area contributed by atoms with Gasteiger partial charge in [0.15, 0.2) is 6.61 Å². The van der Waals surface area contributed by atoms with Crippen LogP contribution in [0.5, 0.6) is 5.75 Å². The second-order valence-corrected chi connectivity index (χ2v) is 8.08. The Morgan fingerprint density at radius 2 is 1.71 bits per heavy atom. The first kappa shape index (κ1) is 21.2. The zero-order valence-corrected chi connectivity index (χ0v) is 18.0. The normalized spacial score (nSPS) is 17.3. The van der Waals surface area contributed by atoms with Gasteiger partial charge in [-0.15, -0.1) is 0 Å². The number of imide groups is 1. The fourth-order valence-electron chi connectivity index (χ4n) is 4.04. The molecular formula is C23H29N5O3. The molecule has 2 amide bonds. The maximum absolute atomic E-state index is 12.8. The predicted molar refractivity (Wildman–Crippen MR) is 117 cm³/mol. The Morgan fingerprint density at radius 1 is 0.968 bits per heavy atom. The van der Waals surface area contributed by atoms with Crippen LogP contribution in [0.15, 0.2) is 36.7 Å². The molecule has 4 rings (SSSR count). The molecule has 0 atom stereocenters. The number of hydrogen-bond acceptors (Lipinski definition) is 7. The van der Waals surface area contributed by atoms with E-state index in [4.69, 9.17) is 4.74 Å². The van der Waals surface area contributed by atoms with Gasteiger partial charge >= 0.3 is 0 Å². The molecule has 0 spiro atoms. The van der Waals surface area contributed by atoms with Gasteiger partial charge in [-0.2, -0.15) is 0 Å². The van der Waals surface area contributed by atoms with Crippen LogP contribution >= 0.6 is 0 Å². The maximum Gasteiger partial charge on any atom is 0.267 e. The van der Waals surface area contributed by atoms with E-state index in [1.165, 1.54) is 4.90 Å². The van der Waals surface area contributed by atoms with Crippen LogP contribution in [0.2, 0.25) is 0 Å². The Labute approximate surface area is 182 Å². The Hall–Kier alpha value is -3.00. The van der Waals surface area contributed by atoms with Gasteiger partial charge < -0.3 is 9.64 Å². The molecule has 31 heavy (non-hydrogen) atoms. The summed E-state index contributed by atoms with van der Waals surface area (Å²) >= 11 is 0. The van der Waals surface area contributed by atoms with E-state index in [2.05, 4.69) is 19.8 Å². The third kappa shape index (κ3) is 5.19. The number of ether oxygens (including phenoxy) is 1. The molecule has 1 aromatic heterocycles. The van der Waals surface area contributed by atoms with Crippen molar-refractivity contribution in [2.24, 2.45) is 0 Å². The predicted octanol–water partition coefficient (Wildman–Crippen LogP) is 2.14. The lowest BCUT2D eigenvalue weighted by Crippen LogP contribution is -2.47. The van der Waals surface area contributed by atoms with Crippen molar-refractivity contribution in [2.45, 2.75) is 26.2 Å². The highest BCUT2D eigenvalue weighted by molar-refractivity contribution is 6.07. The molecule has 1 fully saturated rings. The minimum Gasteiger partial charge on any atom is -0.483 e. The first-order chi connectivity index (χ1) is 15.1. The van der Waals surface area contributed by atoms with Crippen molar-refractivity contribution < 1.29 is 14.3 Å². The molecule has 0 saturated carbocycles. The van der Waals surface area contributed by atoms with Crippen LogP contribution in [0.1, 0.15) is 35.2 Å². The molecule has 1 saturated heterocycles. The van der Waals surface area contributed by atoms with Gasteiger partial charge in [-0.05, 0) is 50.1 Å². The van der Waals surface area contributed by atoms with Crippen LogP contribution < -0.4 is 9.64 Å². The van der Waals surface area contributed by atoms with Crippen LogP contribution in [-0.2, 0) is 4.79 Å². The summed E-state index contributed by atoms with van der Waals surface area (Å²) in [4.78, 5) is 39.9. The first-order valence-corrected chi connectivity index (χ1v) is 10.9. The largest absolute Gasteiger partial charge is 0.483 e. The average molecular weight is 424 g/mol. The van der Waals surface area contributed by atoms with Crippen molar-refractivity contribution in [3.63, 3.8) is 0 Å². The van der Waals surface area contributed by atoms with E-state index >= 15 is 0 Å². The molecule has 8 heteroatoms. The molecule has 2 aliphatic heterocycles. The summed E-state index contributed by atoms with van der Waals surface area (Å²) < 4.78 is 5.56. The number of aryl methyl sites for hydroxylation is 1. The number of hydrogen-bond donors (Lipinski definition) is 0. The maximum atomic E-state index is 12.8. The molecule has 8 nitrogen and oxygen atoms in total. The summed E-state index contributed by atoms with van der Waals surface area (Å²) in [6, 6.07) is 7.27. The van der Waals surface area contributed by atoms with Crippen LogP contribution in [0.25, 0.3) is 0 Å². The number of piperazine rings is 1. The second-order valence-electron chi connectivity index (χ2n) is 8.08. The van der Waals surface area contributed by atoms with Gasteiger partial charge in [0, 0.05) is 45.1 Å². The van der Waals surface area contributed by atoms with Gasteiger partial charge in [0.1, 0.15) is 5.75 Å². The Balaban J connectivity index is 1.19. The number of anilines is 1. The van der Waals surface area contributed by atoms with E-state index in [1.807, 2.05) is 25.1 Å². The summed E-state index contributed by atoms with van der Waals surface area (Å²) in [6.45, 7) is 7.17. The van der Waals surface area contributed by atoms with Crippen molar-refractivity contribution in [1.82, 2.24) is 19.8 Å². The molecule has 2 aromatic rings. The monoisotopic (exact) mass is 423 g/mol. The molecule has 0 radical (unpaired) electrons. The number of carbonyl (C=O) groups excluding carboxylic acids is 2. The van der Waals surface area contributed by atoms with Gasteiger partial charge in [0.2, 0.25) is 5.95 Å². The van der Waals surface area contributed by atoms with Gasteiger partial charge in [0.25, 0.3) is 11.8 Å². The quantitative estimate of drug-likeness (QED) is 0.499. The van der Waals surface area contributed by atoms with Gasteiger partial charge in [-0.25, -0.2) is 9.97 Å². The number of unbranched alkanes of at least 4 members (excludes halogenated alkanes) is 2. The SMILES string of the molecule is Cc1ccc2c(c1)OCC(=O)N(CCCCCN1CCN(c3ncccn3)CC1)C2=O. The Kier molecular flexibility index (Phi) is 6.76. The van der Waals surface area contributed by atoms with Crippen molar-refractivity contribution in [3.05, 3.63) is 47.8 Å². The number of aromatic nitrogens is 2. The summed E-state index contributed by atoms with van der Waals surface area (Å²) in [5.41, 5.74) is 1.47. The zero-order chi connectivity index (χ0) is 21.6. The van der Waals surface area contributed by atoms with E-state index in [9.17, 15) is 9.59 Å². The number of amides is 2. The number of benzene rings is 1. The molecule has 1 aromatic carbocycles. The topological polar surface area (TPSA) is 78.9 Å². The van der Waals surface area contributed by atoms with Gasteiger partial charge in [-0.3, -0.25) is 19.4 Å². The minimum atomic E-state index is -0.266. The highest BCUT2D eigenvalue weighted by Crippen LogP contribution is 2.25. The second kappa shape index (κ2) is 9.87. The molecule has 164 valence electrons. The van der Waals surface area contributed by atoms with E-state index in [-0.39, 0.29) is 18.4 Å². The lowest BCUT2D eigenvalue weighted by Gasteiger charge is -2.34. The number of nitrogens with zero attached hydrogens (tertiary/aromatic N) is 5. The lowest BCUT2D eigenvalue weighted by atomic mass is 10.1. The summed E-state index contributed by atoms with van der Waals surface area (Å²) in [7, 11) is 0. The summed E-state index contributed by atoms with van der Waals surface area (Å²) in [5.74, 6) is 0.783. The number of carbonyl (C=O) groups is 2. The smallest absolute Gasteiger partial charge is 0.267 e. The van der Waals surface area contributed by atoms with Crippen molar-refractivity contribution in [3.8, 4) is 5.75 Å². The van der Waals surface area contributed by atoms with E-state index in [0.717, 1.165) is 63.5 Å². The molecule has 0 unspecified atom stereocenters. The van der Waals surface area contributed by atoms with Crippen LogP contribution in [0, 0.1) is 6.92 Å². The van der Waals surface area contributed by atoms with Gasteiger partial charge in [0.05, 0.1) is 5.56 Å². The third-order valence-electron chi connectivity index (χ3n) is 5.83. The molecule has 2 aliphatic rings. The molecular weight excluding hydrogens is 394 g/mol. The first-order valence-electron chi connectivity index (χ1n) is 10.9. The third-order valence-corrected chi connectivity index (χ3v) is 5.83. The van der Waals surface area contributed by atoms with Crippen molar-refractivity contribution in [1.29, 1.82) is 0 Å². The fraction of sp³-hybridized carbons (Fsp3) is 0.478. The van der Waals surface area contributed by atoms with Crippen LogP contribution in [0.3, 0.4) is 0 Å². The Morgan fingerprint density at radius 3 is 2.48 bits per heavy atom. The van der Waals surface area contributed by atoms with Crippen LogP contribution in [-0.4, -0.2) is 77.5 Å². The average Bonchev–Trinajstić information content (AvgIpc) is 2.91. The van der Waals surface area contributed by atoms with E-state index < -0.39 is 0 Å². The highest BCUT2D eigenvalue weighted by atomic mass is 16.5.